The van der Waals surface area contributed by atoms with Gasteiger partial charge in [0.15, 0.2) is 0 Å². The fourth-order valence-corrected chi connectivity index (χ4v) is 10.6. The van der Waals surface area contributed by atoms with Gasteiger partial charge in [0.05, 0.1) is 25.6 Å². The molecule has 2 aliphatic heterocycles. The Kier molecular flexibility index (Phi) is 22.9. The smallest absolute Gasteiger partial charge is 0.305 e. The number of fused-ring (bicyclic) bond motifs is 8. The van der Waals surface area contributed by atoms with Crippen molar-refractivity contribution in [3.8, 4) is 0 Å². The number of unbranched alkanes of at least 4 members (excludes halogenated alkanes) is 21. The molecule has 5 heterocycles. The van der Waals surface area contributed by atoms with Crippen molar-refractivity contribution in [3.63, 3.8) is 0 Å². The molecule has 8 heteroatoms. The van der Waals surface area contributed by atoms with Gasteiger partial charge in [-0.15, -0.1) is 0 Å². The molecule has 2 N–H and O–H groups in total. The summed E-state index contributed by atoms with van der Waals surface area (Å²) >= 11 is 0. The zero-order valence-electron chi connectivity index (χ0n) is 44.5. The van der Waals surface area contributed by atoms with Crippen LogP contribution in [0.15, 0.2) is 18.2 Å². The normalized spacial score (nSPS) is 13.4. The Labute approximate surface area is 412 Å². The third kappa shape index (κ3) is 16.2. The molecule has 0 saturated carbocycles. The molecule has 3 aromatic rings. The first-order chi connectivity index (χ1) is 32.9. The van der Waals surface area contributed by atoms with Crippen molar-refractivity contribution >= 4 is 45.2 Å². The second kappa shape index (κ2) is 28.5. The third-order valence-corrected chi connectivity index (χ3v) is 15.3. The molecule has 0 aromatic carbocycles. The number of carbonyl (C=O) groups is 2. The largest absolute Gasteiger partial charge is 0.469 e. The van der Waals surface area contributed by atoms with Crippen LogP contribution in [0, 0.1) is 13.8 Å². The topological polar surface area (TPSA) is 110 Å². The number of H-pyrrole nitrogens is 2. The number of ether oxygens (including phenoxy) is 2. The van der Waals surface area contributed by atoms with Gasteiger partial charge in [-0.25, -0.2) is 4.98 Å². The maximum atomic E-state index is 11.5. The van der Waals surface area contributed by atoms with Crippen LogP contribution in [-0.2, 0) is 50.2 Å². The van der Waals surface area contributed by atoms with Gasteiger partial charge in [-0.05, 0) is 136 Å². The predicted molar refractivity (Wildman–Crippen MR) is 286 cm³/mol. The van der Waals surface area contributed by atoms with E-state index in [2.05, 4.69) is 76.6 Å². The van der Waals surface area contributed by atoms with Crippen LogP contribution in [0.5, 0.6) is 0 Å². The summed E-state index contributed by atoms with van der Waals surface area (Å²) in [6.07, 6.45) is 34.1. The number of carbonyl (C=O) groups excluding carboxylic acids is 2. The van der Waals surface area contributed by atoms with Gasteiger partial charge in [0.2, 0.25) is 0 Å². The molecule has 0 unspecified atom stereocenters. The number of nitrogens with zero attached hydrogens (tertiary/aromatic N) is 2. The van der Waals surface area contributed by atoms with Crippen molar-refractivity contribution in [1.82, 2.24) is 19.9 Å². The van der Waals surface area contributed by atoms with E-state index in [0.29, 0.717) is 12.8 Å². The van der Waals surface area contributed by atoms with E-state index >= 15 is 0 Å². The Bertz CT molecular complexity index is 2280. The van der Waals surface area contributed by atoms with E-state index in [1.165, 1.54) is 197 Å². The monoisotopic (exact) mass is 933 g/mol. The SMILES string of the molecule is CCCCCCCCCCc1c2nc(cc3[nH]c(cc4[nH]c(cc5nc1C(C)=C5C)c(C)c4CCCCCCCCCCC(=O)OC)c(CCCCCCCCCCC(=O)OC)c3C)C(C)(C)C2. The average Bonchev–Trinajstić information content (AvgIpc) is 3.98. The lowest BCUT2D eigenvalue weighted by molar-refractivity contribution is -0.141. The summed E-state index contributed by atoms with van der Waals surface area (Å²) in [5.74, 6) is -0.193. The molecule has 0 atom stereocenters. The number of aromatic amines is 2. The van der Waals surface area contributed by atoms with Crippen LogP contribution in [-0.4, -0.2) is 46.1 Å². The Morgan fingerprint density at radius 1 is 0.515 bits per heavy atom. The first kappa shape index (κ1) is 54.7. The molecule has 3 aromatic heterocycles. The molecule has 68 heavy (non-hydrogen) atoms. The molecule has 0 aliphatic carbocycles. The summed E-state index contributed by atoms with van der Waals surface area (Å²) in [4.78, 5) is 42.1. The number of esters is 2. The first-order valence-electron chi connectivity index (χ1n) is 27.4. The maximum absolute atomic E-state index is 11.5. The van der Waals surface area contributed by atoms with Gasteiger partial charge < -0.3 is 19.4 Å². The van der Waals surface area contributed by atoms with E-state index in [1.54, 1.807) is 0 Å². The van der Waals surface area contributed by atoms with Gasteiger partial charge in [-0.1, -0.05) is 143 Å². The molecular formula is C60H92N4O4. The highest BCUT2D eigenvalue weighted by atomic mass is 16.5. The fourth-order valence-electron chi connectivity index (χ4n) is 10.6. The highest BCUT2D eigenvalue weighted by Crippen LogP contribution is 2.38. The maximum Gasteiger partial charge on any atom is 0.305 e. The highest BCUT2D eigenvalue weighted by molar-refractivity contribution is 5.92. The minimum absolute atomic E-state index is 0.0953. The first-order valence-corrected chi connectivity index (χ1v) is 27.4. The van der Waals surface area contributed by atoms with Gasteiger partial charge in [0.25, 0.3) is 0 Å². The summed E-state index contributed by atoms with van der Waals surface area (Å²) < 4.78 is 9.61. The van der Waals surface area contributed by atoms with Crippen molar-refractivity contribution < 1.29 is 19.1 Å². The van der Waals surface area contributed by atoms with E-state index in [9.17, 15) is 9.59 Å². The number of aryl methyl sites for hydroxylation is 4. The summed E-state index contributed by atoms with van der Waals surface area (Å²) in [6.45, 7) is 16.2. The molecule has 8 bridgehead atoms. The zero-order chi connectivity index (χ0) is 48.9. The molecule has 2 aliphatic rings. The number of hydrogen-bond acceptors (Lipinski definition) is 6. The Morgan fingerprint density at radius 2 is 0.926 bits per heavy atom. The summed E-state index contributed by atoms with van der Waals surface area (Å²) in [5, 5.41) is 0. The average molecular weight is 933 g/mol. The molecule has 0 fully saturated rings. The predicted octanol–water partition coefficient (Wildman–Crippen LogP) is 16.5. The van der Waals surface area contributed by atoms with Crippen molar-refractivity contribution in [2.45, 2.75) is 247 Å². The minimum Gasteiger partial charge on any atom is -0.469 e. The van der Waals surface area contributed by atoms with Crippen LogP contribution in [0.2, 0.25) is 0 Å². The van der Waals surface area contributed by atoms with Gasteiger partial charge in [-0.2, -0.15) is 0 Å². The quantitative estimate of drug-likeness (QED) is 0.0491. The van der Waals surface area contributed by atoms with E-state index in [-0.39, 0.29) is 17.4 Å². The molecule has 5 rings (SSSR count). The molecule has 8 nitrogen and oxygen atoms in total. The number of aromatic nitrogens is 4. The minimum atomic E-state index is -0.0969. The van der Waals surface area contributed by atoms with E-state index in [1.807, 2.05) is 0 Å². The second-order valence-electron chi connectivity index (χ2n) is 21.2. The molecule has 0 amide bonds. The summed E-state index contributed by atoms with van der Waals surface area (Å²) in [7, 11) is 2.95. The lowest BCUT2D eigenvalue weighted by Crippen LogP contribution is -2.15. The van der Waals surface area contributed by atoms with Crippen LogP contribution in [0.4, 0.5) is 0 Å². The van der Waals surface area contributed by atoms with Crippen LogP contribution in [0.3, 0.4) is 0 Å². The number of hydrogen-bond donors (Lipinski definition) is 2. The number of rotatable bonds is 31. The molecule has 376 valence electrons. The van der Waals surface area contributed by atoms with E-state index < -0.39 is 0 Å². The van der Waals surface area contributed by atoms with Gasteiger partial charge >= 0.3 is 11.9 Å². The standard InChI is InChI=1S/C60H92N4O4/c1-10-11-12-13-14-19-26-31-36-49-55-42-60(6,7)56(63-55)41-52-46(5)48(35-30-25-21-16-18-23-28-33-38-58(66)68-9)54(62-52)40-53-47(34-29-24-20-15-17-22-27-32-37-57(65)67-8)45(4)51(61-53)39-50-43(2)44(3)59(49)64-50/h39-41,61-62H,10-38,42H2,1-9H3. The van der Waals surface area contributed by atoms with Crippen molar-refractivity contribution in [3.05, 3.63) is 68.8 Å². The van der Waals surface area contributed by atoms with Crippen LogP contribution in [0.1, 0.15) is 252 Å². The Hall–Kier alpha value is -4.20. The van der Waals surface area contributed by atoms with Gasteiger partial charge in [0.1, 0.15) is 0 Å². The number of allylic oxidation sites excluding steroid dienone is 2. The molecular weight excluding hydrogens is 841 g/mol. The summed E-state index contributed by atoms with van der Waals surface area (Å²) in [6, 6.07) is 7.13. The highest BCUT2D eigenvalue weighted by Gasteiger charge is 2.32. The fraction of sp³-hybridized carbons (Fsp3) is 0.667. The van der Waals surface area contributed by atoms with E-state index in [4.69, 9.17) is 19.4 Å². The van der Waals surface area contributed by atoms with Crippen LogP contribution >= 0.6 is 0 Å². The molecule has 0 spiro atoms. The van der Waals surface area contributed by atoms with Crippen molar-refractivity contribution in [2.24, 2.45) is 0 Å². The number of methoxy groups -OCH3 is 2. The van der Waals surface area contributed by atoms with Gasteiger partial charge in [-0.3, -0.25) is 14.6 Å². The number of nitrogens with one attached hydrogen (secondary N) is 2. The zero-order valence-corrected chi connectivity index (χ0v) is 44.5. The lowest BCUT2D eigenvalue weighted by atomic mass is 9.85. The lowest BCUT2D eigenvalue weighted by Gasteiger charge is -2.17. The van der Waals surface area contributed by atoms with Gasteiger partial charge in [0, 0.05) is 58.1 Å². The molecule has 0 radical (unpaired) electrons. The van der Waals surface area contributed by atoms with Crippen molar-refractivity contribution in [2.75, 3.05) is 14.2 Å². The van der Waals surface area contributed by atoms with E-state index in [0.717, 1.165) is 81.3 Å². The Morgan fingerprint density at radius 3 is 1.38 bits per heavy atom. The van der Waals surface area contributed by atoms with Crippen LogP contribution in [0.25, 0.3) is 33.2 Å². The molecule has 0 saturated heterocycles. The second-order valence-corrected chi connectivity index (χ2v) is 21.2. The van der Waals surface area contributed by atoms with Crippen molar-refractivity contribution in [1.29, 1.82) is 0 Å². The third-order valence-electron chi connectivity index (χ3n) is 15.3. The van der Waals surface area contributed by atoms with Crippen LogP contribution < -0.4 is 0 Å². The summed E-state index contributed by atoms with van der Waals surface area (Å²) in [5.41, 5.74) is 18.7. The Balaban J connectivity index is 1.48.